The van der Waals surface area contributed by atoms with Gasteiger partial charge in [-0.15, -0.1) is 0 Å². The quantitative estimate of drug-likeness (QED) is 0.497. The van der Waals surface area contributed by atoms with Crippen LogP contribution < -0.4 is 5.73 Å². The summed E-state index contributed by atoms with van der Waals surface area (Å²) < 4.78 is 0. The second-order valence-corrected chi connectivity index (χ2v) is 6.85. The first-order chi connectivity index (χ1) is 13.5. The molecule has 4 N–H and O–H groups in total. The van der Waals surface area contributed by atoms with E-state index in [9.17, 15) is 9.59 Å². The molecule has 1 heterocycles. The second-order valence-electron chi connectivity index (χ2n) is 6.85. The number of carbonyl (C=O) groups excluding carboxylic acids is 1. The maximum Gasteiger partial charge on any atom is 0.320 e. The fourth-order valence-electron chi connectivity index (χ4n) is 3.16. The molecule has 28 heavy (non-hydrogen) atoms. The van der Waals surface area contributed by atoms with Gasteiger partial charge in [-0.05, 0) is 24.0 Å². The van der Waals surface area contributed by atoms with Crippen LogP contribution in [0.4, 0.5) is 0 Å². The first-order valence-corrected chi connectivity index (χ1v) is 9.17. The zero-order valence-electron chi connectivity index (χ0n) is 15.4. The SMILES string of the molecule is NC(Cc1cnc(C(=O)C(Cc2ccccc2)Cc2ccccc2)[nH]1)C(=O)O. The van der Waals surface area contributed by atoms with Crippen molar-refractivity contribution in [1.29, 1.82) is 0 Å². The molecular weight excluding hydrogens is 354 g/mol. The molecule has 1 aromatic heterocycles. The van der Waals surface area contributed by atoms with Gasteiger partial charge in [-0.1, -0.05) is 60.7 Å². The number of aromatic amines is 1. The molecule has 0 radical (unpaired) electrons. The summed E-state index contributed by atoms with van der Waals surface area (Å²) in [5.74, 6) is -1.22. The molecule has 0 spiro atoms. The van der Waals surface area contributed by atoms with Gasteiger partial charge >= 0.3 is 5.97 Å². The number of ketones is 1. The van der Waals surface area contributed by atoms with E-state index >= 15 is 0 Å². The number of hydrogen-bond donors (Lipinski definition) is 3. The highest BCUT2D eigenvalue weighted by Gasteiger charge is 2.24. The van der Waals surface area contributed by atoms with Crippen molar-refractivity contribution < 1.29 is 14.7 Å². The number of carboxylic acids is 1. The monoisotopic (exact) mass is 377 g/mol. The Morgan fingerprint density at radius 3 is 1.96 bits per heavy atom. The zero-order valence-corrected chi connectivity index (χ0v) is 15.4. The Hall–Kier alpha value is -3.25. The van der Waals surface area contributed by atoms with Crippen LogP contribution in [0.1, 0.15) is 27.4 Å². The molecule has 0 aliphatic carbocycles. The Bertz CT molecular complexity index is 881. The summed E-state index contributed by atoms with van der Waals surface area (Å²) in [4.78, 5) is 31.2. The topological polar surface area (TPSA) is 109 Å². The van der Waals surface area contributed by atoms with E-state index < -0.39 is 12.0 Å². The maximum absolute atomic E-state index is 13.1. The van der Waals surface area contributed by atoms with Crippen molar-refractivity contribution >= 4 is 11.8 Å². The van der Waals surface area contributed by atoms with E-state index in [1.165, 1.54) is 6.20 Å². The van der Waals surface area contributed by atoms with Crippen LogP contribution in [0.3, 0.4) is 0 Å². The van der Waals surface area contributed by atoms with E-state index in [1.54, 1.807) is 0 Å². The van der Waals surface area contributed by atoms with Crippen molar-refractivity contribution in [3.63, 3.8) is 0 Å². The van der Waals surface area contributed by atoms with Crippen LogP contribution in [0, 0.1) is 5.92 Å². The minimum Gasteiger partial charge on any atom is -0.480 e. The Labute approximate surface area is 163 Å². The van der Waals surface area contributed by atoms with E-state index in [0.717, 1.165) is 11.1 Å². The second kappa shape index (κ2) is 9.10. The average molecular weight is 377 g/mol. The minimum atomic E-state index is -1.09. The predicted octanol–water partition coefficient (Wildman–Crippen LogP) is 2.65. The van der Waals surface area contributed by atoms with E-state index in [-0.39, 0.29) is 23.9 Å². The average Bonchev–Trinajstić information content (AvgIpc) is 3.17. The Morgan fingerprint density at radius 1 is 0.929 bits per heavy atom. The van der Waals surface area contributed by atoms with Crippen molar-refractivity contribution in [3.05, 3.63) is 89.5 Å². The number of nitrogens with two attached hydrogens (primary N) is 1. The number of imidazole rings is 1. The molecule has 0 amide bonds. The van der Waals surface area contributed by atoms with Crippen LogP contribution in [0.15, 0.2) is 66.9 Å². The van der Waals surface area contributed by atoms with Crippen LogP contribution in [0.5, 0.6) is 0 Å². The number of carbonyl (C=O) groups is 2. The number of hydrogen-bond acceptors (Lipinski definition) is 4. The van der Waals surface area contributed by atoms with Crippen LogP contribution in [0.25, 0.3) is 0 Å². The number of aromatic nitrogens is 2. The van der Waals surface area contributed by atoms with Gasteiger partial charge in [0, 0.05) is 24.2 Å². The van der Waals surface area contributed by atoms with Crippen molar-refractivity contribution in [2.45, 2.75) is 25.3 Å². The first kappa shape index (κ1) is 19.5. The molecule has 0 saturated carbocycles. The molecule has 6 heteroatoms. The van der Waals surface area contributed by atoms with E-state index in [1.807, 2.05) is 60.7 Å². The Morgan fingerprint density at radius 2 is 1.46 bits per heavy atom. The van der Waals surface area contributed by atoms with Gasteiger partial charge in [0.05, 0.1) is 0 Å². The van der Waals surface area contributed by atoms with Gasteiger partial charge in [0.2, 0.25) is 5.78 Å². The number of H-pyrrole nitrogens is 1. The number of Topliss-reactive ketones (excluding diaryl/α,β-unsaturated/α-hetero) is 1. The lowest BCUT2D eigenvalue weighted by molar-refractivity contribution is -0.138. The number of nitrogens with zero attached hydrogens (tertiary/aromatic N) is 1. The normalized spacial score (nSPS) is 12.1. The molecule has 1 unspecified atom stereocenters. The number of rotatable bonds is 9. The lowest BCUT2D eigenvalue weighted by Gasteiger charge is -2.15. The van der Waals surface area contributed by atoms with Gasteiger partial charge in [0.25, 0.3) is 0 Å². The predicted molar refractivity (Wildman–Crippen MR) is 106 cm³/mol. The largest absolute Gasteiger partial charge is 0.480 e. The summed E-state index contributed by atoms with van der Waals surface area (Å²) in [6, 6.07) is 18.7. The van der Waals surface area contributed by atoms with Crippen molar-refractivity contribution in [1.82, 2.24) is 9.97 Å². The molecule has 0 aliphatic heterocycles. The molecule has 0 aliphatic rings. The summed E-state index contributed by atoms with van der Waals surface area (Å²) in [5.41, 5.74) is 8.26. The van der Waals surface area contributed by atoms with Gasteiger partial charge in [-0.25, -0.2) is 4.98 Å². The molecule has 3 aromatic rings. The fraction of sp³-hybridized carbons (Fsp3) is 0.227. The first-order valence-electron chi connectivity index (χ1n) is 9.17. The fourth-order valence-corrected chi connectivity index (χ4v) is 3.16. The third-order valence-electron chi connectivity index (χ3n) is 4.64. The third kappa shape index (κ3) is 5.14. The number of aliphatic carboxylic acids is 1. The van der Waals surface area contributed by atoms with Gasteiger partial charge in [-0.3, -0.25) is 9.59 Å². The van der Waals surface area contributed by atoms with Gasteiger partial charge in [0.1, 0.15) is 6.04 Å². The van der Waals surface area contributed by atoms with E-state index in [0.29, 0.717) is 18.5 Å². The molecule has 0 bridgehead atoms. The third-order valence-corrected chi connectivity index (χ3v) is 4.64. The minimum absolute atomic E-state index is 0.0946. The lowest BCUT2D eigenvalue weighted by atomic mass is 9.89. The highest BCUT2D eigenvalue weighted by molar-refractivity contribution is 5.95. The van der Waals surface area contributed by atoms with Gasteiger partial charge in [-0.2, -0.15) is 0 Å². The number of nitrogens with one attached hydrogen (secondary N) is 1. The molecular formula is C22H23N3O3. The number of benzene rings is 2. The molecule has 144 valence electrons. The summed E-state index contributed by atoms with van der Waals surface area (Å²) >= 11 is 0. The standard InChI is InChI=1S/C22H23N3O3/c23-19(22(27)28)13-18-14-24-21(25-18)20(26)17(11-15-7-3-1-4-8-15)12-16-9-5-2-6-10-16/h1-10,14,17,19H,11-13,23H2,(H,24,25)(H,27,28). The summed E-state index contributed by atoms with van der Waals surface area (Å²) in [6.07, 6.45) is 2.77. The Kier molecular flexibility index (Phi) is 6.34. The van der Waals surface area contributed by atoms with Crippen molar-refractivity contribution in [2.75, 3.05) is 0 Å². The smallest absolute Gasteiger partial charge is 0.320 e. The summed E-state index contributed by atoms with van der Waals surface area (Å²) in [5, 5.41) is 8.95. The van der Waals surface area contributed by atoms with E-state index in [4.69, 9.17) is 10.8 Å². The van der Waals surface area contributed by atoms with Crippen molar-refractivity contribution in [2.24, 2.45) is 11.7 Å². The van der Waals surface area contributed by atoms with Crippen LogP contribution >= 0.6 is 0 Å². The highest BCUT2D eigenvalue weighted by atomic mass is 16.4. The molecule has 3 rings (SSSR count). The summed E-state index contributed by atoms with van der Waals surface area (Å²) in [6.45, 7) is 0. The van der Waals surface area contributed by atoms with Gasteiger partial charge < -0.3 is 15.8 Å². The highest BCUT2D eigenvalue weighted by Crippen LogP contribution is 2.19. The lowest BCUT2D eigenvalue weighted by Crippen LogP contribution is -2.32. The van der Waals surface area contributed by atoms with Crippen LogP contribution in [-0.2, 0) is 24.1 Å². The molecule has 2 aromatic carbocycles. The molecule has 0 fully saturated rings. The van der Waals surface area contributed by atoms with E-state index in [2.05, 4.69) is 9.97 Å². The summed E-state index contributed by atoms with van der Waals surface area (Å²) in [7, 11) is 0. The zero-order chi connectivity index (χ0) is 19.9. The number of carboxylic acid groups (broad SMARTS) is 1. The van der Waals surface area contributed by atoms with Gasteiger partial charge in [0.15, 0.2) is 5.82 Å². The molecule has 1 atom stereocenters. The Balaban J connectivity index is 1.79. The molecule has 0 saturated heterocycles. The van der Waals surface area contributed by atoms with Crippen molar-refractivity contribution in [3.8, 4) is 0 Å². The molecule has 6 nitrogen and oxygen atoms in total. The van der Waals surface area contributed by atoms with Crippen LogP contribution in [0.2, 0.25) is 0 Å². The van der Waals surface area contributed by atoms with Crippen LogP contribution in [-0.4, -0.2) is 32.9 Å². The maximum atomic E-state index is 13.1.